The Morgan fingerprint density at radius 1 is 0.975 bits per heavy atom. The highest BCUT2D eigenvalue weighted by Crippen LogP contribution is 2.25. The standard InChI is InChI=1S/C30H32N4O4S2/c1-2-7-22-8-6-9-25(20-22)28-32-34(21-23-10-12-24(13-11-23)29(35)36)30(39-28)31-26-14-16-27(17-15-26)40(37,38)33-18-4-3-5-19-33/h6,8-17,20H,2-5,7,18-19,21H2,1H3,(H,35,36). The maximum Gasteiger partial charge on any atom is 0.335 e. The smallest absolute Gasteiger partial charge is 0.335 e. The number of carbonyl (C=O) groups is 1. The molecule has 0 atom stereocenters. The molecule has 0 bridgehead atoms. The van der Waals surface area contributed by atoms with Crippen LogP contribution in [0, 0.1) is 0 Å². The number of aromatic carboxylic acids is 1. The Kier molecular flexibility index (Phi) is 8.58. The third-order valence-electron chi connectivity index (χ3n) is 6.88. The lowest BCUT2D eigenvalue weighted by atomic mass is 10.1. The Hall–Kier alpha value is -3.60. The first-order chi connectivity index (χ1) is 19.3. The molecular formula is C30H32N4O4S2. The number of hydrogen-bond acceptors (Lipinski definition) is 6. The van der Waals surface area contributed by atoms with Gasteiger partial charge >= 0.3 is 5.97 Å². The average molecular weight is 577 g/mol. The Morgan fingerprint density at radius 2 is 1.70 bits per heavy atom. The fraction of sp³-hybridized carbons (Fsp3) is 0.300. The molecule has 0 unspecified atom stereocenters. The quantitative estimate of drug-likeness (QED) is 0.275. The van der Waals surface area contributed by atoms with Crippen LogP contribution in [0.3, 0.4) is 0 Å². The van der Waals surface area contributed by atoms with Gasteiger partial charge in [0.15, 0.2) is 0 Å². The van der Waals surface area contributed by atoms with Crippen LogP contribution in [-0.4, -0.2) is 46.7 Å². The SMILES string of the molecule is CCCc1cccc(-c2nn(Cc3ccc(C(=O)O)cc3)c(=Nc3ccc(S(=O)(=O)N4CCCCC4)cc3)s2)c1. The van der Waals surface area contributed by atoms with E-state index in [1.807, 2.05) is 12.1 Å². The molecule has 2 heterocycles. The number of nitrogens with zero attached hydrogens (tertiary/aromatic N) is 4. The fourth-order valence-corrected chi connectivity index (χ4v) is 7.18. The molecule has 1 aromatic heterocycles. The van der Waals surface area contributed by atoms with Gasteiger partial charge in [0, 0.05) is 18.7 Å². The molecule has 4 aromatic rings. The van der Waals surface area contributed by atoms with Gasteiger partial charge in [0.2, 0.25) is 14.8 Å². The van der Waals surface area contributed by atoms with Crippen LogP contribution in [0.1, 0.15) is 54.1 Å². The predicted molar refractivity (Wildman–Crippen MR) is 156 cm³/mol. The number of hydrogen-bond donors (Lipinski definition) is 1. The van der Waals surface area contributed by atoms with Crippen molar-refractivity contribution in [3.05, 3.63) is 94.3 Å². The molecule has 40 heavy (non-hydrogen) atoms. The van der Waals surface area contributed by atoms with Crippen LogP contribution in [0.2, 0.25) is 0 Å². The Balaban J connectivity index is 1.50. The normalized spacial score (nSPS) is 14.9. The van der Waals surface area contributed by atoms with E-state index in [2.05, 4.69) is 19.1 Å². The molecule has 1 aliphatic heterocycles. The monoisotopic (exact) mass is 576 g/mol. The number of sulfonamides is 1. The second-order valence-corrected chi connectivity index (χ2v) is 12.8. The Morgan fingerprint density at radius 3 is 2.38 bits per heavy atom. The van der Waals surface area contributed by atoms with Crippen molar-refractivity contribution in [2.75, 3.05) is 13.1 Å². The van der Waals surface area contributed by atoms with Gasteiger partial charge in [-0.2, -0.15) is 9.40 Å². The van der Waals surface area contributed by atoms with Gasteiger partial charge < -0.3 is 5.11 Å². The van der Waals surface area contributed by atoms with Crippen LogP contribution in [0.4, 0.5) is 5.69 Å². The van der Waals surface area contributed by atoms with Crippen molar-refractivity contribution >= 4 is 33.0 Å². The zero-order valence-electron chi connectivity index (χ0n) is 22.4. The van der Waals surface area contributed by atoms with Crippen LogP contribution >= 0.6 is 11.3 Å². The maximum absolute atomic E-state index is 13.1. The molecule has 0 saturated carbocycles. The molecule has 1 fully saturated rings. The van der Waals surface area contributed by atoms with E-state index >= 15 is 0 Å². The van der Waals surface area contributed by atoms with Crippen molar-refractivity contribution in [2.24, 2.45) is 4.99 Å². The first-order valence-corrected chi connectivity index (χ1v) is 15.7. The van der Waals surface area contributed by atoms with E-state index in [0.29, 0.717) is 30.1 Å². The van der Waals surface area contributed by atoms with Gasteiger partial charge in [-0.25, -0.2) is 22.9 Å². The Labute approximate surface area is 238 Å². The van der Waals surface area contributed by atoms with E-state index in [-0.39, 0.29) is 10.5 Å². The van der Waals surface area contributed by atoms with E-state index in [4.69, 9.17) is 10.1 Å². The zero-order valence-corrected chi connectivity index (χ0v) is 24.0. The van der Waals surface area contributed by atoms with Gasteiger partial charge in [-0.1, -0.05) is 61.4 Å². The average Bonchev–Trinajstić information content (AvgIpc) is 3.36. The summed E-state index contributed by atoms with van der Waals surface area (Å²) in [7, 11) is -3.52. The summed E-state index contributed by atoms with van der Waals surface area (Å²) in [5.74, 6) is -0.969. The van der Waals surface area contributed by atoms with Crippen LogP contribution in [0.5, 0.6) is 0 Å². The van der Waals surface area contributed by atoms with Crippen LogP contribution in [-0.2, 0) is 23.0 Å². The number of carboxylic acid groups (broad SMARTS) is 1. The summed E-state index contributed by atoms with van der Waals surface area (Å²) in [6.07, 6.45) is 4.88. The minimum atomic E-state index is -3.52. The molecule has 208 valence electrons. The molecule has 0 spiro atoms. The largest absolute Gasteiger partial charge is 0.478 e. The highest BCUT2D eigenvalue weighted by Gasteiger charge is 2.25. The molecule has 0 radical (unpaired) electrons. The second-order valence-electron chi connectivity index (χ2n) is 9.87. The second kappa shape index (κ2) is 12.3. The van der Waals surface area contributed by atoms with E-state index in [1.165, 1.54) is 16.9 Å². The lowest BCUT2D eigenvalue weighted by Crippen LogP contribution is -2.35. The lowest BCUT2D eigenvalue weighted by Gasteiger charge is -2.25. The number of rotatable bonds is 9. The summed E-state index contributed by atoms with van der Waals surface area (Å²) in [6.45, 7) is 3.68. The third kappa shape index (κ3) is 6.41. The van der Waals surface area contributed by atoms with Crippen molar-refractivity contribution in [3.63, 3.8) is 0 Å². The van der Waals surface area contributed by atoms with Crippen LogP contribution in [0.15, 0.2) is 82.7 Å². The fourth-order valence-electron chi connectivity index (χ4n) is 4.74. The summed E-state index contributed by atoms with van der Waals surface area (Å²) in [5, 5.41) is 14.9. The van der Waals surface area contributed by atoms with Crippen molar-refractivity contribution < 1.29 is 18.3 Å². The number of carboxylic acids is 1. The molecule has 1 aliphatic rings. The minimum Gasteiger partial charge on any atom is -0.478 e. The van der Waals surface area contributed by atoms with Crippen molar-refractivity contribution in [3.8, 4) is 10.6 Å². The zero-order chi connectivity index (χ0) is 28.1. The highest BCUT2D eigenvalue weighted by atomic mass is 32.2. The highest BCUT2D eigenvalue weighted by molar-refractivity contribution is 7.89. The number of benzene rings is 3. The lowest BCUT2D eigenvalue weighted by molar-refractivity contribution is 0.0697. The summed E-state index contributed by atoms with van der Waals surface area (Å²) in [4.78, 5) is 17.0. The minimum absolute atomic E-state index is 0.227. The third-order valence-corrected chi connectivity index (χ3v) is 9.79. The van der Waals surface area contributed by atoms with Gasteiger partial charge in [0.05, 0.1) is 22.7 Å². The molecule has 8 nitrogen and oxygen atoms in total. The molecular weight excluding hydrogens is 544 g/mol. The number of aryl methyl sites for hydroxylation is 1. The number of aromatic nitrogens is 2. The van der Waals surface area contributed by atoms with E-state index in [0.717, 1.165) is 48.2 Å². The molecule has 10 heteroatoms. The van der Waals surface area contributed by atoms with Crippen LogP contribution in [0.25, 0.3) is 10.6 Å². The van der Waals surface area contributed by atoms with Gasteiger partial charge in [-0.05, 0) is 72.9 Å². The van der Waals surface area contributed by atoms with Gasteiger partial charge in [0.25, 0.3) is 0 Å². The van der Waals surface area contributed by atoms with Crippen molar-refractivity contribution in [2.45, 2.75) is 50.5 Å². The van der Waals surface area contributed by atoms with Crippen LogP contribution < -0.4 is 4.80 Å². The summed E-state index contributed by atoms with van der Waals surface area (Å²) < 4.78 is 29.5. The van der Waals surface area contributed by atoms with E-state index < -0.39 is 16.0 Å². The molecule has 5 rings (SSSR count). The van der Waals surface area contributed by atoms with Gasteiger partial charge in [-0.3, -0.25) is 0 Å². The molecule has 3 aromatic carbocycles. The Bertz CT molecular complexity index is 1650. The molecule has 1 saturated heterocycles. The summed E-state index contributed by atoms with van der Waals surface area (Å²) in [5.41, 5.74) is 4.00. The van der Waals surface area contributed by atoms with Crippen molar-refractivity contribution in [1.29, 1.82) is 0 Å². The van der Waals surface area contributed by atoms with Gasteiger partial charge in [0.1, 0.15) is 5.01 Å². The first-order valence-electron chi connectivity index (χ1n) is 13.5. The summed E-state index contributed by atoms with van der Waals surface area (Å²) in [6, 6.07) is 21.7. The van der Waals surface area contributed by atoms with E-state index in [1.54, 1.807) is 57.5 Å². The topological polar surface area (TPSA) is 105 Å². The number of piperidine rings is 1. The predicted octanol–water partition coefficient (Wildman–Crippen LogP) is 5.72. The van der Waals surface area contributed by atoms with Crippen molar-refractivity contribution in [1.82, 2.24) is 14.1 Å². The first kappa shape index (κ1) is 27.9. The molecule has 0 amide bonds. The summed E-state index contributed by atoms with van der Waals surface area (Å²) >= 11 is 1.46. The molecule has 1 N–H and O–H groups in total. The van der Waals surface area contributed by atoms with E-state index in [9.17, 15) is 18.3 Å². The van der Waals surface area contributed by atoms with Gasteiger partial charge in [-0.15, -0.1) is 0 Å². The molecule has 0 aliphatic carbocycles. The maximum atomic E-state index is 13.1.